The second-order valence-corrected chi connectivity index (χ2v) is 5.26. The first-order chi connectivity index (χ1) is 8.56. The van der Waals surface area contributed by atoms with Crippen LogP contribution in [0.15, 0.2) is 35.1 Å². The van der Waals surface area contributed by atoms with Crippen LogP contribution in [0.1, 0.15) is 25.5 Å². The molecule has 2 aromatic rings. The maximum Gasteiger partial charge on any atom is 0.137 e. The topological polar surface area (TPSA) is 29.9 Å². The summed E-state index contributed by atoms with van der Waals surface area (Å²) in [5.74, 6) is -0.256. The van der Waals surface area contributed by atoms with Crippen LogP contribution in [0.25, 0.3) is 0 Å². The fourth-order valence-corrected chi connectivity index (χ4v) is 1.94. The van der Waals surface area contributed by atoms with Gasteiger partial charge in [0.15, 0.2) is 0 Å². The SMILES string of the molecule is CC(C)n1cc(CNc2ccc(F)c(Br)c2)cn1. The number of hydrogen-bond acceptors (Lipinski definition) is 2. The van der Waals surface area contributed by atoms with E-state index in [2.05, 4.69) is 40.2 Å². The lowest BCUT2D eigenvalue weighted by atomic mass is 10.3. The highest BCUT2D eigenvalue weighted by Gasteiger charge is 2.03. The molecule has 0 amide bonds. The van der Waals surface area contributed by atoms with Crippen molar-refractivity contribution >= 4 is 21.6 Å². The van der Waals surface area contributed by atoms with Crippen LogP contribution in [-0.4, -0.2) is 9.78 Å². The molecule has 1 aromatic carbocycles. The molecule has 18 heavy (non-hydrogen) atoms. The van der Waals surface area contributed by atoms with Gasteiger partial charge >= 0.3 is 0 Å². The molecule has 5 heteroatoms. The van der Waals surface area contributed by atoms with Crippen molar-refractivity contribution in [2.75, 3.05) is 5.32 Å². The molecule has 3 nitrogen and oxygen atoms in total. The zero-order valence-electron chi connectivity index (χ0n) is 10.3. The standard InChI is InChI=1S/C13H15BrFN3/c1-9(2)18-8-10(7-17-18)6-16-11-3-4-13(15)12(14)5-11/h3-5,7-9,16H,6H2,1-2H3. The lowest BCUT2D eigenvalue weighted by Gasteiger charge is -2.06. The Morgan fingerprint density at radius 2 is 2.22 bits per heavy atom. The summed E-state index contributed by atoms with van der Waals surface area (Å²) in [5, 5.41) is 7.50. The van der Waals surface area contributed by atoms with Crippen LogP contribution in [0.2, 0.25) is 0 Å². The molecular weight excluding hydrogens is 297 g/mol. The van der Waals surface area contributed by atoms with Crippen LogP contribution >= 0.6 is 15.9 Å². The van der Waals surface area contributed by atoms with Crippen LogP contribution in [0.4, 0.5) is 10.1 Å². The van der Waals surface area contributed by atoms with Gasteiger partial charge in [-0.3, -0.25) is 4.68 Å². The average molecular weight is 312 g/mol. The van der Waals surface area contributed by atoms with Gasteiger partial charge in [0.05, 0.1) is 10.7 Å². The molecule has 0 fully saturated rings. The fourth-order valence-electron chi connectivity index (χ4n) is 1.56. The van der Waals surface area contributed by atoms with Gasteiger partial charge in [-0.1, -0.05) is 0 Å². The van der Waals surface area contributed by atoms with Gasteiger partial charge in [-0.15, -0.1) is 0 Å². The van der Waals surface area contributed by atoms with Gasteiger partial charge < -0.3 is 5.32 Å². The van der Waals surface area contributed by atoms with E-state index in [-0.39, 0.29) is 5.82 Å². The van der Waals surface area contributed by atoms with Crippen LogP contribution in [0, 0.1) is 5.82 Å². The van der Waals surface area contributed by atoms with E-state index in [0.717, 1.165) is 11.3 Å². The fraction of sp³-hybridized carbons (Fsp3) is 0.308. The number of anilines is 1. The van der Waals surface area contributed by atoms with Crippen LogP contribution in [0.3, 0.4) is 0 Å². The number of nitrogens with zero attached hydrogens (tertiary/aromatic N) is 2. The number of benzene rings is 1. The second kappa shape index (κ2) is 5.52. The van der Waals surface area contributed by atoms with E-state index in [0.29, 0.717) is 17.1 Å². The van der Waals surface area contributed by atoms with Crippen molar-refractivity contribution in [3.8, 4) is 0 Å². The molecule has 1 N–H and O–H groups in total. The number of nitrogens with one attached hydrogen (secondary N) is 1. The quantitative estimate of drug-likeness (QED) is 0.925. The van der Waals surface area contributed by atoms with Crippen molar-refractivity contribution in [2.24, 2.45) is 0 Å². The zero-order chi connectivity index (χ0) is 13.1. The molecule has 0 unspecified atom stereocenters. The van der Waals surface area contributed by atoms with Crippen molar-refractivity contribution in [1.82, 2.24) is 9.78 Å². The van der Waals surface area contributed by atoms with Crippen LogP contribution in [-0.2, 0) is 6.54 Å². The van der Waals surface area contributed by atoms with Gasteiger partial charge in [0.1, 0.15) is 5.82 Å². The van der Waals surface area contributed by atoms with Crippen molar-refractivity contribution in [1.29, 1.82) is 0 Å². The summed E-state index contributed by atoms with van der Waals surface area (Å²) in [6.07, 6.45) is 3.85. The first-order valence-corrected chi connectivity index (χ1v) is 6.57. The molecule has 0 spiro atoms. The van der Waals surface area contributed by atoms with E-state index in [1.54, 1.807) is 12.1 Å². The second-order valence-electron chi connectivity index (χ2n) is 4.40. The van der Waals surface area contributed by atoms with Crippen LogP contribution < -0.4 is 5.32 Å². The predicted molar refractivity (Wildman–Crippen MR) is 74.0 cm³/mol. The van der Waals surface area contributed by atoms with Crippen molar-refractivity contribution in [3.05, 3.63) is 46.4 Å². The highest BCUT2D eigenvalue weighted by molar-refractivity contribution is 9.10. The average Bonchev–Trinajstić information content (AvgIpc) is 2.79. The smallest absolute Gasteiger partial charge is 0.137 e. The Bertz CT molecular complexity index is 537. The van der Waals surface area contributed by atoms with E-state index in [1.807, 2.05) is 17.1 Å². The molecule has 0 aliphatic heterocycles. The maximum atomic E-state index is 13.1. The summed E-state index contributed by atoms with van der Waals surface area (Å²) in [4.78, 5) is 0. The van der Waals surface area contributed by atoms with E-state index in [4.69, 9.17) is 0 Å². The largest absolute Gasteiger partial charge is 0.381 e. The molecule has 96 valence electrons. The molecule has 0 bridgehead atoms. The molecule has 1 heterocycles. The van der Waals surface area contributed by atoms with E-state index in [1.165, 1.54) is 6.07 Å². The Morgan fingerprint density at radius 3 is 2.83 bits per heavy atom. The minimum Gasteiger partial charge on any atom is -0.381 e. The van der Waals surface area contributed by atoms with E-state index < -0.39 is 0 Å². The maximum absolute atomic E-state index is 13.1. The number of hydrogen-bond donors (Lipinski definition) is 1. The molecule has 0 saturated carbocycles. The highest BCUT2D eigenvalue weighted by atomic mass is 79.9. The summed E-state index contributed by atoms with van der Waals surface area (Å²) in [6.45, 7) is 4.84. The Labute approximate surface area is 114 Å². The van der Waals surface area contributed by atoms with Gasteiger partial charge in [-0.05, 0) is 48.0 Å². The third kappa shape index (κ3) is 3.10. The molecule has 0 saturated heterocycles. The summed E-state index contributed by atoms with van der Waals surface area (Å²) < 4.78 is 15.4. The molecule has 0 atom stereocenters. The van der Waals surface area contributed by atoms with E-state index in [9.17, 15) is 4.39 Å². The first-order valence-electron chi connectivity index (χ1n) is 5.78. The summed E-state index contributed by atoms with van der Waals surface area (Å²) in [5.41, 5.74) is 1.98. The van der Waals surface area contributed by atoms with Crippen molar-refractivity contribution in [3.63, 3.8) is 0 Å². The van der Waals surface area contributed by atoms with Gasteiger partial charge in [-0.2, -0.15) is 5.10 Å². The minimum absolute atomic E-state index is 0.256. The van der Waals surface area contributed by atoms with Gasteiger partial charge in [0.2, 0.25) is 0 Å². The summed E-state index contributed by atoms with van der Waals surface area (Å²) in [7, 11) is 0. The molecule has 1 aromatic heterocycles. The van der Waals surface area contributed by atoms with Crippen LogP contribution in [0.5, 0.6) is 0 Å². The zero-order valence-corrected chi connectivity index (χ0v) is 11.9. The van der Waals surface area contributed by atoms with Crippen molar-refractivity contribution in [2.45, 2.75) is 26.4 Å². The Morgan fingerprint density at radius 1 is 1.44 bits per heavy atom. The Kier molecular flexibility index (Phi) is 4.01. The third-order valence-electron chi connectivity index (χ3n) is 2.60. The van der Waals surface area contributed by atoms with E-state index >= 15 is 0 Å². The predicted octanol–water partition coefficient (Wildman–Crippen LogP) is 3.98. The minimum atomic E-state index is -0.256. The number of aromatic nitrogens is 2. The third-order valence-corrected chi connectivity index (χ3v) is 3.21. The normalized spacial score (nSPS) is 10.9. The number of rotatable bonds is 4. The van der Waals surface area contributed by atoms with Gasteiger partial charge in [-0.25, -0.2) is 4.39 Å². The molecule has 0 aliphatic carbocycles. The number of halogens is 2. The molecule has 0 aliphatic rings. The molecule has 0 radical (unpaired) electrons. The Hall–Kier alpha value is -1.36. The van der Waals surface area contributed by atoms with Gasteiger partial charge in [0.25, 0.3) is 0 Å². The molecule has 2 rings (SSSR count). The monoisotopic (exact) mass is 311 g/mol. The molecular formula is C13H15BrFN3. The van der Waals surface area contributed by atoms with Crippen molar-refractivity contribution < 1.29 is 4.39 Å². The Balaban J connectivity index is 2.00. The summed E-state index contributed by atoms with van der Waals surface area (Å²) in [6, 6.07) is 5.23. The summed E-state index contributed by atoms with van der Waals surface area (Å²) >= 11 is 3.16. The highest BCUT2D eigenvalue weighted by Crippen LogP contribution is 2.20. The lowest BCUT2D eigenvalue weighted by molar-refractivity contribution is 0.532. The van der Waals surface area contributed by atoms with Gasteiger partial charge in [0, 0.05) is 30.0 Å². The first kappa shape index (κ1) is 13.1. The lowest BCUT2D eigenvalue weighted by Crippen LogP contribution is -2.01.